The van der Waals surface area contributed by atoms with E-state index < -0.39 is 0 Å². The first kappa shape index (κ1) is 29.6. The highest BCUT2D eigenvalue weighted by molar-refractivity contribution is 6.04. The molecule has 0 unspecified atom stereocenters. The standard InChI is InChI=1S/C36H37N3O4/c1-36(2,3)30-16-12-26(13-17-30)22-37-33(40)28-14-18-31(19-15-28)38-34(41)29-11-7-10-27(20-29)23-39-32(24-43-35(39)42)21-25-8-5-4-6-9-25/h4-20,32H,21-24H2,1-3H3,(H,37,40)(H,38,41)/t32-/m0/s1. The van der Waals surface area contributed by atoms with Crippen molar-refractivity contribution in [2.45, 2.75) is 51.7 Å². The van der Waals surface area contributed by atoms with Crippen LogP contribution in [-0.4, -0.2) is 35.5 Å². The SMILES string of the molecule is CC(C)(C)c1ccc(CNC(=O)c2ccc(NC(=O)c3cccc(CN4C(=O)OC[C@@H]4Cc4ccccc4)c3)cc2)cc1. The summed E-state index contributed by atoms with van der Waals surface area (Å²) in [6.07, 6.45) is 0.351. The molecule has 2 N–H and O–H groups in total. The Hall–Kier alpha value is -4.91. The van der Waals surface area contributed by atoms with E-state index in [0.29, 0.717) is 42.9 Å². The molecule has 0 saturated carbocycles. The Morgan fingerprint density at radius 3 is 2.19 bits per heavy atom. The van der Waals surface area contributed by atoms with Gasteiger partial charge in [0.15, 0.2) is 0 Å². The maximum absolute atomic E-state index is 13.0. The zero-order chi connectivity index (χ0) is 30.4. The van der Waals surface area contributed by atoms with Crippen molar-refractivity contribution in [1.29, 1.82) is 0 Å². The van der Waals surface area contributed by atoms with Crippen LogP contribution >= 0.6 is 0 Å². The molecule has 7 heteroatoms. The summed E-state index contributed by atoms with van der Waals surface area (Å²) >= 11 is 0. The van der Waals surface area contributed by atoms with Crippen LogP contribution in [-0.2, 0) is 29.7 Å². The van der Waals surface area contributed by atoms with Gasteiger partial charge in [0.25, 0.3) is 11.8 Å². The lowest BCUT2D eigenvalue weighted by Gasteiger charge is -2.22. The lowest BCUT2D eigenvalue weighted by molar-refractivity contribution is 0.0950. The van der Waals surface area contributed by atoms with Gasteiger partial charge in [-0.15, -0.1) is 0 Å². The molecule has 0 bridgehead atoms. The summed E-state index contributed by atoms with van der Waals surface area (Å²) in [7, 11) is 0. The second-order valence-electron chi connectivity index (χ2n) is 11.9. The molecular weight excluding hydrogens is 538 g/mol. The maximum atomic E-state index is 13.0. The topological polar surface area (TPSA) is 87.7 Å². The number of carbonyl (C=O) groups excluding carboxylic acids is 3. The summed E-state index contributed by atoms with van der Waals surface area (Å²) in [6.45, 7) is 7.63. The summed E-state index contributed by atoms with van der Waals surface area (Å²) in [4.78, 5) is 39.9. The number of ether oxygens (including phenoxy) is 1. The smallest absolute Gasteiger partial charge is 0.410 e. The minimum Gasteiger partial charge on any atom is -0.447 e. The summed E-state index contributed by atoms with van der Waals surface area (Å²) in [5, 5.41) is 5.85. The average Bonchev–Trinajstić information content (AvgIpc) is 3.34. The van der Waals surface area contributed by atoms with E-state index in [2.05, 4.69) is 43.5 Å². The molecule has 3 amide bonds. The Morgan fingerprint density at radius 2 is 1.49 bits per heavy atom. The molecule has 0 radical (unpaired) electrons. The van der Waals surface area contributed by atoms with E-state index in [-0.39, 0.29) is 29.4 Å². The van der Waals surface area contributed by atoms with Crippen molar-refractivity contribution in [3.8, 4) is 0 Å². The van der Waals surface area contributed by atoms with Crippen LogP contribution in [0.3, 0.4) is 0 Å². The van der Waals surface area contributed by atoms with Crippen LogP contribution in [0.5, 0.6) is 0 Å². The highest BCUT2D eigenvalue weighted by Gasteiger charge is 2.33. The van der Waals surface area contributed by atoms with Crippen molar-refractivity contribution in [2.24, 2.45) is 0 Å². The van der Waals surface area contributed by atoms with E-state index >= 15 is 0 Å². The molecule has 4 aromatic carbocycles. The molecule has 0 aromatic heterocycles. The lowest BCUT2D eigenvalue weighted by Crippen LogP contribution is -2.34. The first-order valence-corrected chi connectivity index (χ1v) is 14.5. The normalized spacial score (nSPS) is 14.7. The summed E-state index contributed by atoms with van der Waals surface area (Å²) in [5.74, 6) is -0.459. The predicted octanol–water partition coefficient (Wildman–Crippen LogP) is 6.73. The van der Waals surface area contributed by atoms with Gasteiger partial charge < -0.3 is 15.4 Å². The molecule has 1 heterocycles. The molecule has 1 fully saturated rings. The first-order chi connectivity index (χ1) is 20.7. The molecule has 0 aliphatic carbocycles. The van der Waals surface area contributed by atoms with E-state index in [4.69, 9.17) is 4.74 Å². The highest BCUT2D eigenvalue weighted by Crippen LogP contribution is 2.23. The Labute approximate surface area is 252 Å². The summed E-state index contributed by atoms with van der Waals surface area (Å²) < 4.78 is 5.34. The molecule has 4 aromatic rings. The minimum atomic E-state index is -0.349. The third-order valence-corrected chi connectivity index (χ3v) is 7.61. The Balaban J connectivity index is 1.16. The molecule has 0 spiro atoms. The summed E-state index contributed by atoms with van der Waals surface area (Å²) in [6, 6.07) is 32.2. The van der Waals surface area contributed by atoms with Gasteiger partial charge in [-0.05, 0) is 70.5 Å². The Morgan fingerprint density at radius 1 is 0.791 bits per heavy atom. The third-order valence-electron chi connectivity index (χ3n) is 7.61. The number of carbonyl (C=O) groups is 3. The lowest BCUT2D eigenvalue weighted by atomic mass is 9.87. The van der Waals surface area contributed by atoms with E-state index in [1.807, 2.05) is 54.6 Å². The minimum absolute atomic E-state index is 0.0721. The first-order valence-electron chi connectivity index (χ1n) is 14.5. The van der Waals surface area contributed by atoms with Gasteiger partial charge in [-0.1, -0.05) is 87.5 Å². The van der Waals surface area contributed by atoms with Crippen LogP contribution in [0.2, 0.25) is 0 Å². The second kappa shape index (κ2) is 12.9. The number of nitrogens with one attached hydrogen (secondary N) is 2. The molecule has 7 nitrogen and oxygen atoms in total. The number of hydrogen-bond donors (Lipinski definition) is 2. The van der Waals surface area contributed by atoms with Crippen molar-refractivity contribution >= 4 is 23.6 Å². The molecule has 1 aliphatic heterocycles. The van der Waals surface area contributed by atoms with Crippen molar-refractivity contribution in [2.75, 3.05) is 11.9 Å². The van der Waals surface area contributed by atoms with Gasteiger partial charge in [0.2, 0.25) is 0 Å². The van der Waals surface area contributed by atoms with E-state index in [1.165, 1.54) is 5.56 Å². The van der Waals surface area contributed by atoms with Crippen molar-refractivity contribution in [1.82, 2.24) is 10.2 Å². The number of hydrogen-bond acceptors (Lipinski definition) is 4. The molecule has 43 heavy (non-hydrogen) atoms. The van der Waals surface area contributed by atoms with Gasteiger partial charge in [-0.3, -0.25) is 14.5 Å². The number of benzene rings is 4. The zero-order valence-corrected chi connectivity index (χ0v) is 24.8. The van der Waals surface area contributed by atoms with Crippen LogP contribution in [0.25, 0.3) is 0 Å². The third kappa shape index (κ3) is 7.68. The van der Waals surface area contributed by atoms with Crippen molar-refractivity contribution in [3.05, 3.63) is 137 Å². The van der Waals surface area contributed by atoms with Gasteiger partial charge in [-0.2, -0.15) is 0 Å². The molecule has 5 rings (SSSR count). The molecule has 1 atom stereocenters. The van der Waals surface area contributed by atoms with Gasteiger partial charge in [0, 0.05) is 29.9 Å². The largest absolute Gasteiger partial charge is 0.447 e. The van der Waals surface area contributed by atoms with Crippen molar-refractivity contribution in [3.63, 3.8) is 0 Å². The Bertz CT molecular complexity index is 1580. The average molecular weight is 576 g/mol. The zero-order valence-electron chi connectivity index (χ0n) is 24.8. The molecule has 220 valence electrons. The van der Waals surface area contributed by atoms with Gasteiger partial charge in [0.05, 0.1) is 6.04 Å². The fraction of sp³-hybridized carbons (Fsp3) is 0.250. The maximum Gasteiger partial charge on any atom is 0.410 e. The van der Waals surface area contributed by atoms with Crippen LogP contribution in [0, 0.1) is 0 Å². The highest BCUT2D eigenvalue weighted by atomic mass is 16.6. The van der Waals surface area contributed by atoms with Crippen molar-refractivity contribution < 1.29 is 19.1 Å². The second-order valence-corrected chi connectivity index (χ2v) is 11.9. The van der Waals surface area contributed by atoms with Crippen LogP contribution < -0.4 is 10.6 Å². The van der Waals surface area contributed by atoms with Gasteiger partial charge in [0.1, 0.15) is 6.61 Å². The predicted molar refractivity (Wildman–Crippen MR) is 168 cm³/mol. The van der Waals surface area contributed by atoms with E-state index in [1.54, 1.807) is 41.3 Å². The fourth-order valence-electron chi connectivity index (χ4n) is 5.06. The molecule has 1 aliphatic rings. The Kier molecular flexibility index (Phi) is 8.90. The van der Waals surface area contributed by atoms with Crippen LogP contribution in [0.4, 0.5) is 10.5 Å². The van der Waals surface area contributed by atoms with Gasteiger partial charge in [-0.25, -0.2) is 4.79 Å². The van der Waals surface area contributed by atoms with Crippen LogP contribution in [0.1, 0.15) is 63.7 Å². The van der Waals surface area contributed by atoms with Crippen LogP contribution in [0.15, 0.2) is 103 Å². The molecule has 1 saturated heterocycles. The number of cyclic esters (lactones) is 1. The quantitative estimate of drug-likeness (QED) is 0.232. The van der Waals surface area contributed by atoms with E-state index in [0.717, 1.165) is 16.7 Å². The fourth-order valence-corrected chi connectivity index (χ4v) is 5.06. The van der Waals surface area contributed by atoms with E-state index in [9.17, 15) is 14.4 Å². The van der Waals surface area contributed by atoms with Gasteiger partial charge >= 0.3 is 6.09 Å². The summed E-state index contributed by atoms with van der Waals surface area (Å²) in [5.41, 5.74) is 5.89. The number of nitrogens with zero attached hydrogens (tertiary/aromatic N) is 1. The number of anilines is 1. The number of rotatable bonds is 9. The monoisotopic (exact) mass is 575 g/mol. The molecular formula is C36H37N3O4. The number of amides is 3.